The van der Waals surface area contributed by atoms with E-state index in [1.165, 1.54) is 12.1 Å². The molecule has 0 aliphatic heterocycles. The van der Waals surface area contributed by atoms with Crippen LogP contribution in [0.5, 0.6) is 0 Å². The number of rotatable bonds is 6. The van der Waals surface area contributed by atoms with Crippen LogP contribution in [0.2, 0.25) is 0 Å². The number of hydrogen-bond donors (Lipinski definition) is 2. The molecule has 0 aliphatic carbocycles. The maximum Gasteiger partial charge on any atom is 0.337 e. The van der Waals surface area contributed by atoms with Crippen LogP contribution in [0.15, 0.2) is 16.9 Å². The molecule has 4 nitrogen and oxygen atoms in total. The molecule has 2 N–H and O–H groups in total. The molecule has 0 bridgehead atoms. The van der Waals surface area contributed by atoms with Crippen LogP contribution in [0.25, 0.3) is 0 Å². The molecule has 0 aliphatic rings. The highest BCUT2D eigenvalue weighted by molar-refractivity contribution is 5.88. The molecule has 1 rings (SSSR count). The van der Waals surface area contributed by atoms with E-state index in [-0.39, 0.29) is 11.1 Å². The lowest BCUT2D eigenvalue weighted by atomic mass is 10.1. The van der Waals surface area contributed by atoms with E-state index in [2.05, 4.69) is 11.9 Å². The first-order valence-electron chi connectivity index (χ1n) is 5.60. The molecule has 1 aromatic rings. The third kappa shape index (κ3) is 3.53. The van der Waals surface area contributed by atoms with Crippen molar-refractivity contribution < 1.29 is 9.90 Å². The number of unbranched alkanes of at least 4 members (excludes halogenated alkanes) is 3. The summed E-state index contributed by atoms with van der Waals surface area (Å²) >= 11 is 0. The fourth-order valence-electron chi connectivity index (χ4n) is 1.64. The molecule has 16 heavy (non-hydrogen) atoms. The lowest BCUT2D eigenvalue weighted by molar-refractivity contribution is 0.0695. The Morgan fingerprint density at radius 3 is 2.69 bits per heavy atom. The van der Waals surface area contributed by atoms with Crippen LogP contribution in [0, 0.1) is 0 Å². The van der Waals surface area contributed by atoms with Gasteiger partial charge in [-0.15, -0.1) is 0 Å². The fraction of sp³-hybridized carbons (Fsp3) is 0.500. The number of aromatic nitrogens is 1. The molecule has 0 aromatic carbocycles. The lowest BCUT2D eigenvalue weighted by Crippen LogP contribution is -2.13. The highest BCUT2D eigenvalue weighted by atomic mass is 16.4. The number of carboxylic acids is 1. The van der Waals surface area contributed by atoms with Crippen LogP contribution in [-0.2, 0) is 6.42 Å². The van der Waals surface area contributed by atoms with Gasteiger partial charge >= 0.3 is 5.97 Å². The van der Waals surface area contributed by atoms with Gasteiger partial charge in [-0.05, 0) is 18.9 Å². The van der Waals surface area contributed by atoms with Crippen LogP contribution >= 0.6 is 0 Å². The molecule has 0 atom stereocenters. The Bertz CT molecular complexity index is 409. The summed E-state index contributed by atoms with van der Waals surface area (Å²) in [5.74, 6) is -0.984. The number of carboxylic acid groups (broad SMARTS) is 1. The van der Waals surface area contributed by atoms with Gasteiger partial charge in [0.2, 0.25) is 5.56 Å². The molecule has 0 saturated carbocycles. The highest BCUT2D eigenvalue weighted by Gasteiger charge is 2.09. The minimum absolute atomic E-state index is 0.205. The van der Waals surface area contributed by atoms with Crippen molar-refractivity contribution in [1.82, 2.24) is 4.98 Å². The predicted octanol–water partition coefficient (Wildman–Crippen LogP) is 2.20. The van der Waals surface area contributed by atoms with E-state index in [0.29, 0.717) is 12.1 Å². The SMILES string of the molecule is CCCCCCc1[nH]c(=O)ccc1C(=O)O. The number of carbonyl (C=O) groups is 1. The van der Waals surface area contributed by atoms with Gasteiger partial charge in [0.25, 0.3) is 0 Å². The van der Waals surface area contributed by atoms with Crippen molar-refractivity contribution >= 4 is 5.97 Å². The second-order valence-electron chi connectivity index (χ2n) is 3.83. The normalized spacial score (nSPS) is 10.3. The molecule has 1 aromatic heterocycles. The Morgan fingerprint density at radius 2 is 2.06 bits per heavy atom. The Hall–Kier alpha value is -1.58. The maximum atomic E-state index is 11.1. The van der Waals surface area contributed by atoms with Gasteiger partial charge in [0, 0.05) is 11.8 Å². The Kier molecular flexibility index (Phi) is 4.76. The van der Waals surface area contributed by atoms with Gasteiger partial charge in [-0.25, -0.2) is 4.79 Å². The van der Waals surface area contributed by atoms with Crippen LogP contribution in [-0.4, -0.2) is 16.1 Å². The first-order valence-corrected chi connectivity index (χ1v) is 5.60. The molecule has 0 unspecified atom stereocenters. The summed E-state index contributed by atoms with van der Waals surface area (Å²) in [6.07, 6.45) is 4.87. The summed E-state index contributed by atoms with van der Waals surface area (Å²) in [6, 6.07) is 2.62. The van der Waals surface area contributed by atoms with Gasteiger partial charge in [-0.3, -0.25) is 4.79 Å². The van der Waals surface area contributed by atoms with Crippen molar-refractivity contribution in [3.8, 4) is 0 Å². The molecule has 0 amide bonds. The Morgan fingerprint density at radius 1 is 1.31 bits per heavy atom. The molecule has 0 spiro atoms. The van der Waals surface area contributed by atoms with E-state index in [4.69, 9.17) is 5.11 Å². The van der Waals surface area contributed by atoms with Crippen LogP contribution in [0.3, 0.4) is 0 Å². The molecule has 1 heterocycles. The number of aryl methyl sites for hydroxylation is 1. The van der Waals surface area contributed by atoms with Crippen LogP contribution < -0.4 is 5.56 Å². The minimum Gasteiger partial charge on any atom is -0.478 e. The third-order valence-corrected chi connectivity index (χ3v) is 2.51. The van der Waals surface area contributed by atoms with Crippen molar-refractivity contribution in [2.24, 2.45) is 0 Å². The van der Waals surface area contributed by atoms with Crippen molar-refractivity contribution in [1.29, 1.82) is 0 Å². The Balaban J connectivity index is 2.72. The van der Waals surface area contributed by atoms with Crippen molar-refractivity contribution in [2.75, 3.05) is 0 Å². The third-order valence-electron chi connectivity index (χ3n) is 2.51. The number of pyridine rings is 1. The van der Waals surface area contributed by atoms with Crippen LogP contribution in [0.1, 0.15) is 48.7 Å². The van der Waals surface area contributed by atoms with E-state index >= 15 is 0 Å². The minimum atomic E-state index is -0.984. The maximum absolute atomic E-state index is 11.1. The van der Waals surface area contributed by atoms with E-state index in [1.54, 1.807) is 0 Å². The molecule has 0 saturated heterocycles. The average molecular weight is 223 g/mol. The number of aromatic amines is 1. The lowest BCUT2D eigenvalue weighted by Gasteiger charge is -2.04. The van der Waals surface area contributed by atoms with E-state index < -0.39 is 5.97 Å². The van der Waals surface area contributed by atoms with Gasteiger partial charge in [0.05, 0.1) is 5.56 Å². The monoisotopic (exact) mass is 223 g/mol. The first-order chi connectivity index (χ1) is 7.65. The van der Waals surface area contributed by atoms with Crippen molar-refractivity contribution in [3.63, 3.8) is 0 Å². The molecule has 88 valence electrons. The summed E-state index contributed by atoms with van der Waals surface area (Å²) in [5.41, 5.74) is 0.502. The Labute approximate surface area is 94.3 Å². The quantitative estimate of drug-likeness (QED) is 0.726. The average Bonchev–Trinajstić information content (AvgIpc) is 2.24. The summed E-state index contributed by atoms with van der Waals surface area (Å²) in [6.45, 7) is 2.12. The molecule has 4 heteroatoms. The summed E-state index contributed by atoms with van der Waals surface area (Å²) < 4.78 is 0. The summed E-state index contributed by atoms with van der Waals surface area (Å²) in [7, 11) is 0. The summed E-state index contributed by atoms with van der Waals surface area (Å²) in [5, 5.41) is 8.94. The van der Waals surface area contributed by atoms with E-state index in [9.17, 15) is 9.59 Å². The number of aromatic carboxylic acids is 1. The summed E-state index contributed by atoms with van der Waals surface area (Å²) in [4.78, 5) is 24.6. The molecule has 0 fully saturated rings. The van der Waals surface area contributed by atoms with E-state index in [1.807, 2.05) is 0 Å². The first kappa shape index (κ1) is 12.5. The zero-order chi connectivity index (χ0) is 12.0. The fourth-order valence-corrected chi connectivity index (χ4v) is 1.64. The van der Waals surface area contributed by atoms with Gasteiger partial charge in [-0.2, -0.15) is 0 Å². The van der Waals surface area contributed by atoms with Crippen molar-refractivity contribution in [3.05, 3.63) is 33.7 Å². The van der Waals surface area contributed by atoms with Gasteiger partial charge in [-0.1, -0.05) is 26.2 Å². The predicted molar refractivity (Wildman–Crippen MR) is 61.9 cm³/mol. The number of hydrogen-bond acceptors (Lipinski definition) is 2. The zero-order valence-corrected chi connectivity index (χ0v) is 9.45. The molecular formula is C12H17NO3. The largest absolute Gasteiger partial charge is 0.478 e. The second kappa shape index (κ2) is 6.10. The van der Waals surface area contributed by atoms with Gasteiger partial charge < -0.3 is 10.1 Å². The van der Waals surface area contributed by atoms with Gasteiger partial charge in [0.15, 0.2) is 0 Å². The topological polar surface area (TPSA) is 70.2 Å². The smallest absolute Gasteiger partial charge is 0.337 e. The van der Waals surface area contributed by atoms with E-state index in [0.717, 1.165) is 25.7 Å². The second-order valence-corrected chi connectivity index (χ2v) is 3.83. The standard InChI is InChI=1S/C12H17NO3/c1-2-3-4-5-6-10-9(12(15)16)7-8-11(14)13-10/h7-8H,2-6H2,1H3,(H,13,14)(H,15,16). The van der Waals surface area contributed by atoms with Crippen molar-refractivity contribution in [2.45, 2.75) is 39.0 Å². The molecular weight excluding hydrogens is 206 g/mol. The zero-order valence-electron chi connectivity index (χ0n) is 9.45. The van der Waals surface area contributed by atoms with Crippen LogP contribution in [0.4, 0.5) is 0 Å². The highest BCUT2D eigenvalue weighted by Crippen LogP contribution is 2.09. The molecule has 0 radical (unpaired) electrons. The number of H-pyrrole nitrogens is 1. The number of nitrogens with one attached hydrogen (secondary N) is 1. The van der Waals surface area contributed by atoms with Gasteiger partial charge in [0.1, 0.15) is 0 Å².